The molecule has 3 amide bonds. The zero-order chi connectivity index (χ0) is 34.8. The number of hydrogen-bond donors (Lipinski definition) is 3. The Morgan fingerprint density at radius 3 is 2.10 bits per heavy atom. The molecule has 5 aromatic rings. The number of anilines is 2. The summed E-state index contributed by atoms with van der Waals surface area (Å²) in [7, 11) is 3.01. The molecule has 0 heterocycles. The SMILES string of the molecule is COc1cccc(/C=C(\NC(=O)c2ccccc2)C(=O)Nc2ccc(SC(C(=O)Nc3ccc(Cl)cc3Cl)c3ccccc3)cc2)c1OC. The van der Waals surface area contributed by atoms with E-state index in [2.05, 4.69) is 16.0 Å². The first kappa shape index (κ1) is 35.1. The van der Waals surface area contributed by atoms with Crippen molar-refractivity contribution >= 4 is 70.1 Å². The zero-order valence-corrected chi connectivity index (χ0v) is 28.7. The number of methoxy groups -OCH3 is 2. The summed E-state index contributed by atoms with van der Waals surface area (Å²) in [5, 5.41) is 8.67. The van der Waals surface area contributed by atoms with E-state index in [0.29, 0.717) is 44.0 Å². The van der Waals surface area contributed by atoms with Crippen LogP contribution in [0.25, 0.3) is 6.08 Å². The van der Waals surface area contributed by atoms with Crippen molar-refractivity contribution in [2.75, 3.05) is 24.9 Å². The normalized spacial score (nSPS) is 11.6. The molecule has 1 atom stereocenters. The van der Waals surface area contributed by atoms with Crippen LogP contribution in [0.5, 0.6) is 11.5 Å². The van der Waals surface area contributed by atoms with Gasteiger partial charge in [-0.3, -0.25) is 14.4 Å². The number of carbonyl (C=O) groups is 3. The van der Waals surface area contributed by atoms with Gasteiger partial charge in [0.2, 0.25) is 5.91 Å². The van der Waals surface area contributed by atoms with Gasteiger partial charge >= 0.3 is 0 Å². The van der Waals surface area contributed by atoms with Crippen LogP contribution >= 0.6 is 35.0 Å². The Morgan fingerprint density at radius 1 is 0.755 bits per heavy atom. The van der Waals surface area contributed by atoms with E-state index in [1.54, 1.807) is 91.0 Å². The van der Waals surface area contributed by atoms with Crippen LogP contribution in [-0.4, -0.2) is 31.9 Å². The third-order valence-corrected chi connectivity index (χ3v) is 8.97. The molecule has 8 nitrogen and oxygen atoms in total. The number of ether oxygens (including phenoxy) is 2. The van der Waals surface area contributed by atoms with Crippen LogP contribution in [0.3, 0.4) is 0 Å². The van der Waals surface area contributed by atoms with Crippen LogP contribution in [0.1, 0.15) is 26.7 Å². The number of hydrogen-bond acceptors (Lipinski definition) is 6. The first-order valence-electron chi connectivity index (χ1n) is 14.9. The molecule has 0 spiro atoms. The van der Waals surface area contributed by atoms with Gasteiger partial charge in [-0.2, -0.15) is 0 Å². The number of para-hydroxylation sites is 1. The summed E-state index contributed by atoms with van der Waals surface area (Å²) in [6.45, 7) is 0. The molecular formula is C38H31Cl2N3O5S. The maximum atomic E-state index is 13.7. The van der Waals surface area contributed by atoms with E-state index < -0.39 is 17.1 Å². The number of halogens is 2. The Kier molecular flexibility index (Phi) is 12.0. The van der Waals surface area contributed by atoms with E-state index in [0.717, 1.165) is 10.5 Å². The predicted octanol–water partition coefficient (Wildman–Crippen LogP) is 8.89. The molecule has 49 heavy (non-hydrogen) atoms. The van der Waals surface area contributed by atoms with Gasteiger partial charge in [0.25, 0.3) is 11.8 Å². The molecular weight excluding hydrogens is 681 g/mol. The first-order chi connectivity index (χ1) is 23.7. The van der Waals surface area contributed by atoms with Crippen molar-refractivity contribution in [3.05, 3.63) is 154 Å². The van der Waals surface area contributed by atoms with Crippen molar-refractivity contribution < 1.29 is 23.9 Å². The number of nitrogens with one attached hydrogen (secondary N) is 3. The topological polar surface area (TPSA) is 106 Å². The molecule has 5 rings (SSSR count). The highest BCUT2D eigenvalue weighted by atomic mass is 35.5. The number of rotatable bonds is 12. The Hall–Kier alpha value is -5.22. The molecule has 3 N–H and O–H groups in total. The van der Waals surface area contributed by atoms with Crippen LogP contribution in [-0.2, 0) is 9.59 Å². The second-order valence-corrected chi connectivity index (χ2v) is 12.5. The van der Waals surface area contributed by atoms with Gasteiger partial charge < -0.3 is 25.4 Å². The van der Waals surface area contributed by atoms with Gasteiger partial charge in [-0.15, -0.1) is 11.8 Å². The summed E-state index contributed by atoms with van der Waals surface area (Å²) < 4.78 is 10.9. The molecule has 0 aliphatic carbocycles. The van der Waals surface area contributed by atoms with Crippen molar-refractivity contribution in [2.24, 2.45) is 0 Å². The van der Waals surface area contributed by atoms with Crippen molar-refractivity contribution in [1.29, 1.82) is 0 Å². The van der Waals surface area contributed by atoms with Gasteiger partial charge in [0.1, 0.15) is 10.9 Å². The molecule has 1 unspecified atom stereocenters. The number of carbonyl (C=O) groups excluding carboxylic acids is 3. The van der Waals surface area contributed by atoms with Crippen LogP contribution in [0.2, 0.25) is 10.0 Å². The fraction of sp³-hybridized carbons (Fsp3) is 0.0789. The fourth-order valence-electron chi connectivity index (χ4n) is 4.76. The molecule has 0 fully saturated rings. The highest BCUT2D eigenvalue weighted by molar-refractivity contribution is 8.00. The van der Waals surface area contributed by atoms with Crippen molar-refractivity contribution in [2.45, 2.75) is 10.1 Å². The lowest BCUT2D eigenvalue weighted by atomic mass is 10.1. The zero-order valence-electron chi connectivity index (χ0n) is 26.4. The average Bonchev–Trinajstić information content (AvgIpc) is 3.12. The molecule has 0 aliphatic rings. The smallest absolute Gasteiger partial charge is 0.272 e. The van der Waals surface area contributed by atoms with Crippen LogP contribution in [0.4, 0.5) is 11.4 Å². The molecule has 0 radical (unpaired) electrons. The van der Waals surface area contributed by atoms with E-state index >= 15 is 0 Å². The Labute approximate surface area is 298 Å². The summed E-state index contributed by atoms with van der Waals surface area (Å²) in [6, 6.07) is 35.1. The van der Waals surface area contributed by atoms with Crippen LogP contribution in [0.15, 0.2) is 132 Å². The van der Waals surface area contributed by atoms with Crippen molar-refractivity contribution in [1.82, 2.24) is 5.32 Å². The maximum Gasteiger partial charge on any atom is 0.272 e. The summed E-state index contributed by atoms with van der Waals surface area (Å²) in [4.78, 5) is 41.1. The minimum absolute atomic E-state index is 0.0134. The Balaban J connectivity index is 1.37. The number of thioether (sulfide) groups is 1. The highest BCUT2D eigenvalue weighted by Gasteiger charge is 2.23. The van der Waals surface area contributed by atoms with E-state index in [-0.39, 0.29) is 11.6 Å². The van der Waals surface area contributed by atoms with Gasteiger partial charge in [0, 0.05) is 26.7 Å². The number of amides is 3. The lowest BCUT2D eigenvalue weighted by Crippen LogP contribution is -2.30. The van der Waals surface area contributed by atoms with Crippen LogP contribution in [0, 0.1) is 0 Å². The second-order valence-electron chi connectivity index (χ2n) is 10.5. The van der Waals surface area contributed by atoms with Gasteiger partial charge in [-0.05, 0) is 72.3 Å². The standard InChI is InChI=1S/C38H31Cl2N3O5S/c1-47-33-15-9-14-26(34(33)48-2)22-32(43-36(44)25-12-7-4-8-13-25)37(45)41-28-17-19-29(20-18-28)49-35(24-10-5-3-6-11-24)38(46)42-31-21-16-27(39)23-30(31)40/h3-23,35H,1-2H3,(H,41,45)(H,42,46)(H,43,44)/b32-22-. The molecule has 0 bridgehead atoms. The molecule has 0 saturated heterocycles. The fourth-order valence-corrected chi connectivity index (χ4v) is 6.25. The molecule has 5 aromatic carbocycles. The first-order valence-corrected chi connectivity index (χ1v) is 16.6. The highest BCUT2D eigenvalue weighted by Crippen LogP contribution is 2.38. The summed E-state index contributed by atoms with van der Waals surface area (Å²) >= 11 is 13.7. The minimum atomic E-state index is -0.617. The summed E-state index contributed by atoms with van der Waals surface area (Å²) in [5.41, 5.74) is 2.61. The monoisotopic (exact) mass is 711 g/mol. The average molecular weight is 713 g/mol. The minimum Gasteiger partial charge on any atom is -0.493 e. The number of benzene rings is 5. The summed E-state index contributed by atoms with van der Waals surface area (Å²) in [6.07, 6.45) is 1.53. The Morgan fingerprint density at radius 2 is 1.45 bits per heavy atom. The largest absolute Gasteiger partial charge is 0.493 e. The molecule has 0 saturated carbocycles. The molecule has 0 aliphatic heterocycles. The summed E-state index contributed by atoms with van der Waals surface area (Å²) in [5.74, 6) is -0.412. The molecule has 248 valence electrons. The Bertz CT molecular complexity index is 1970. The third kappa shape index (κ3) is 9.23. The van der Waals surface area contributed by atoms with E-state index in [9.17, 15) is 14.4 Å². The quantitative estimate of drug-likeness (QED) is 0.0882. The van der Waals surface area contributed by atoms with E-state index in [1.165, 1.54) is 32.1 Å². The van der Waals surface area contributed by atoms with E-state index in [4.69, 9.17) is 32.7 Å². The van der Waals surface area contributed by atoms with Gasteiger partial charge in [-0.1, -0.05) is 83.9 Å². The lowest BCUT2D eigenvalue weighted by Gasteiger charge is -2.18. The van der Waals surface area contributed by atoms with E-state index in [1.807, 2.05) is 30.3 Å². The maximum absolute atomic E-state index is 13.7. The van der Waals surface area contributed by atoms with Gasteiger partial charge in [-0.25, -0.2) is 0 Å². The van der Waals surface area contributed by atoms with Gasteiger partial charge in [0.15, 0.2) is 11.5 Å². The molecule has 11 heteroatoms. The van der Waals surface area contributed by atoms with Crippen molar-refractivity contribution in [3.63, 3.8) is 0 Å². The lowest BCUT2D eigenvalue weighted by molar-refractivity contribution is -0.116. The third-order valence-electron chi connectivity index (χ3n) is 7.16. The van der Waals surface area contributed by atoms with Crippen molar-refractivity contribution in [3.8, 4) is 11.5 Å². The van der Waals surface area contributed by atoms with Gasteiger partial charge in [0.05, 0.1) is 24.9 Å². The predicted molar refractivity (Wildman–Crippen MR) is 197 cm³/mol. The van der Waals surface area contributed by atoms with Crippen LogP contribution < -0.4 is 25.4 Å². The second kappa shape index (κ2) is 16.7. The molecule has 0 aromatic heterocycles.